The quantitative estimate of drug-likeness (QED) is 0.907. The van der Waals surface area contributed by atoms with Crippen LogP contribution in [0, 0.1) is 6.92 Å². The maximum Gasteiger partial charge on any atom is 0.348 e. The van der Waals surface area contributed by atoms with Crippen LogP contribution >= 0.6 is 0 Å². The fourth-order valence-corrected chi connectivity index (χ4v) is 2.70. The Kier molecular flexibility index (Phi) is 3.46. The Bertz CT molecular complexity index is 645. The molecule has 3 nitrogen and oxygen atoms in total. The molecule has 0 aliphatic heterocycles. The van der Waals surface area contributed by atoms with Crippen molar-refractivity contribution < 1.29 is 23.4 Å². The number of aliphatic carboxylic acids is 1. The van der Waals surface area contributed by atoms with E-state index in [4.69, 9.17) is 4.74 Å². The zero-order valence-corrected chi connectivity index (χ0v) is 12.4. The van der Waals surface area contributed by atoms with E-state index >= 15 is 0 Å². The lowest BCUT2D eigenvalue weighted by Gasteiger charge is -2.24. The summed E-state index contributed by atoms with van der Waals surface area (Å²) < 4.78 is 32.3. The Morgan fingerprint density at radius 1 is 1.27 bits per heavy atom. The second-order valence-electron chi connectivity index (χ2n) is 6.19. The smallest absolute Gasteiger partial charge is 0.348 e. The largest absolute Gasteiger partial charge is 0.478 e. The molecule has 2 aliphatic rings. The molecule has 118 valence electrons. The first-order valence-corrected chi connectivity index (χ1v) is 7.42. The molecule has 1 fully saturated rings. The van der Waals surface area contributed by atoms with Crippen LogP contribution < -0.4 is 4.74 Å². The molecule has 22 heavy (non-hydrogen) atoms. The molecule has 0 saturated heterocycles. The number of aryl methyl sites for hydroxylation is 1. The van der Waals surface area contributed by atoms with E-state index in [1.165, 1.54) is 0 Å². The van der Waals surface area contributed by atoms with Gasteiger partial charge in [0.2, 0.25) is 5.60 Å². The highest BCUT2D eigenvalue weighted by Gasteiger charge is 2.53. The maximum absolute atomic E-state index is 13.3. The molecule has 0 heterocycles. The van der Waals surface area contributed by atoms with Gasteiger partial charge in [-0.1, -0.05) is 18.2 Å². The summed E-state index contributed by atoms with van der Waals surface area (Å²) in [6.07, 6.45) is 2.31. The Balaban J connectivity index is 1.92. The minimum Gasteiger partial charge on any atom is -0.478 e. The lowest BCUT2D eigenvalue weighted by Crippen LogP contribution is -2.29. The Hall–Kier alpha value is -1.91. The van der Waals surface area contributed by atoms with Gasteiger partial charge >= 0.3 is 5.97 Å². The van der Waals surface area contributed by atoms with Gasteiger partial charge in [-0.05, 0) is 30.5 Å². The van der Waals surface area contributed by atoms with Crippen molar-refractivity contribution in [2.45, 2.75) is 50.6 Å². The molecule has 0 atom stereocenters. The molecule has 0 spiro atoms. The molecule has 0 bridgehead atoms. The van der Waals surface area contributed by atoms with Gasteiger partial charge in [0, 0.05) is 31.2 Å². The van der Waals surface area contributed by atoms with Gasteiger partial charge in [0.25, 0.3) is 5.92 Å². The first-order chi connectivity index (χ1) is 10.3. The van der Waals surface area contributed by atoms with Crippen LogP contribution in [0.2, 0.25) is 0 Å². The van der Waals surface area contributed by atoms with Gasteiger partial charge in [0.15, 0.2) is 0 Å². The third-order valence-corrected chi connectivity index (χ3v) is 4.29. The van der Waals surface area contributed by atoms with E-state index in [0.29, 0.717) is 18.6 Å². The summed E-state index contributed by atoms with van der Waals surface area (Å²) in [7, 11) is 0. The van der Waals surface area contributed by atoms with Crippen molar-refractivity contribution in [3.63, 3.8) is 0 Å². The second-order valence-corrected chi connectivity index (χ2v) is 6.19. The molecule has 0 aromatic heterocycles. The molecule has 0 unspecified atom stereocenters. The summed E-state index contributed by atoms with van der Waals surface area (Å²) in [6, 6.07) is 5.50. The number of carboxylic acids is 1. The van der Waals surface area contributed by atoms with E-state index in [1.807, 2.05) is 19.1 Å². The molecule has 1 aromatic rings. The van der Waals surface area contributed by atoms with Crippen molar-refractivity contribution in [1.29, 1.82) is 0 Å². The summed E-state index contributed by atoms with van der Waals surface area (Å²) in [6.45, 7) is 1.89. The average molecular weight is 308 g/mol. The molecule has 0 radical (unpaired) electrons. The number of hydrogen-bond donors (Lipinski definition) is 1. The third-order valence-electron chi connectivity index (χ3n) is 4.29. The van der Waals surface area contributed by atoms with Crippen LogP contribution in [0.4, 0.5) is 8.78 Å². The van der Waals surface area contributed by atoms with Gasteiger partial charge in [-0.2, -0.15) is 0 Å². The zero-order chi connectivity index (χ0) is 16.0. The van der Waals surface area contributed by atoms with Crippen LogP contribution in [0.15, 0.2) is 24.3 Å². The van der Waals surface area contributed by atoms with Crippen molar-refractivity contribution in [2.24, 2.45) is 0 Å². The monoisotopic (exact) mass is 308 g/mol. The van der Waals surface area contributed by atoms with Gasteiger partial charge in [-0.15, -0.1) is 0 Å². The molecule has 2 aliphatic carbocycles. The summed E-state index contributed by atoms with van der Waals surface area (Å²) in [5.41, 5.74) is 1.35. The van der Waals surface area contributed by atoms with Crippen LogP contribution in [0.3, 0.4) is 0 Å². The fraction of sp³-hybridized carbons (Fsp3) is 0.471. The topological polar surface area (TPSA) is 46.5 Å². The van der Waals surface area contributed by atoms with Crippen molar-refractivity contribution in [3.8, 4) is 5.75 Å². The van der Waals surface area contributed by atoms with Crippen molar-refractivity contribution in [3.05, 3.63) is 35.4 Å². The molecule has 1 aromatic carbocycles. The standard InChI is InChI=1S/C17H18F2O3/c1-11-2-3-13(12-4-6-17(18,19)7-5-12)14(10-11)22-16(8-9-16)15(20)21/h2-4,10H,5-9H2,1H3,(H,20,21). The summed E-state index contributed by atoms with van der Waals surface area (Å²) in [5, 5.41) is 9.27. The second kappa shape index (κ2) is 5.07. The van der Waals surface area contributed by atoms with Crippen LogP contribution in [0.1, 0.15) is 43.2 Å². The highest BCUT2D eigenvalue weighted by Crippen LogP contribution is 2.44. The van der Waals surface area contributed by atoms with Gasteiger partial charge in [0.05, 0.1) is 0 Å². The molecule has 0 amide bonds. The van der Waals surface area contributed by atoms with Crippen LogP contribution in [0.5, 0.6) is 5.75 Å². The molecular weight excluding hydrogens is 290 g/mol. The lowest BCUT2D eigenvalue weighted by molar-refractivity contribution is -0.147. The molecule has 1 saturated carbocycles. The minimum atomic E-state index is -2.64. The maximum atomic E-state index is 13.3. The van der Waals surface area contributed by atoms with Crippen molar-refractivity contribution >= 4 is 11.5 Å². The number of benzene rings is 1. The van der Waals surface area contributed by atoms with Crippen LogP contribution in [-0.2, 0) is 4.79 Å². The number of rotatable bonds is 4. The fourth-order valence-electron chi connectivity index (χ4n) is 2.70. The van der Waals surface area contributed by atoms with E-state index in [1.54, 1.807) is 12.1 Å². The third kappa shape index (κ3) is 2.85. The number of carboxylic acid groups (broad SMARTS) is 1. The number of alkyl halides is 2. The highest BCUT2D eigenvalue weighted by atomic mass is 19.3. The van der Waals surface area contributed by atoms with E-state index in [2.05, 4.69) is 0 Å². The Morgan fingerprint density at radius 3 is 2.55 bits per heavy atom. The summed E-state index contributed by atoms with van der Waals surface area (Å²) >= 11 is 0. The highest BCUT2D eigenvalue weighted by molar-refractivity contribution is 5.82. The van der Waals surface area contributed by atoms with Crippen molar-refractivity contribution in [1.82, 2.24) is 0 Å². The molecule has 3 rings (SSSR count). The first kappa shape index (κ1) is 15.0. The van der Waals surface area contributed by atoms with E-state index in [-0.39, 0.29) is 19.3 Å². The van der Waals surface area contributed by atoms with E-state index in [9.17, 15) is 18.7 Å². The number of allylic oxidation sites excluding steroid dienone is 2. The number of carbonyl (C=O) groups is 1. The van der Waals surface area contributed by atoms with Gasteiger partial charge in [-0.25, -0.2) is 13.6 Å². The minimum absolute atomic E-state index is 0.184. The Morgan fingerprint density at radius 2 is 2.00 bits per heavy atom. The van der Waals surface area contributed by atoms with Crippen LogP contribution in [-0.4, -0.2) is 22.6 Å². The zero-order valence-electron chi connectivity index (χ0n) is 12.4. The summed E-state index contributed by atoms with van der Waals surface area (Å²) in [5.74, 6) is -3.13. The number of halogens is 2. The lowest BCUT2D eigenvalue weighted by atomic mass is 9.90. The van der Waals surface area contributed by atoms with E-state index < -0.39 is 17.5 Å². The predicted molar refractivity (Wildman–Crippen MR) is 78.2 cm³/mol. The number of hydrogen-bond acceptors (Lipinski definition) is 2. The van der Waals surface area contributed by atoms with E-state index in [0.717, 1.165) is 16.7 Å². The molecular formula is C17H18F2O3. The van der Waals surface area contributed by atoms with Gasteiger partial charge in [0.1, 0.15) is 5.75 Å². The first-order valence-electron chi connectivity index (χ1n) is 7.42. The molecule has 1 N–H and O–H groups in total. The summed E-state index contributed by atoms with van der Waals surface area (Å²) in [4.78, 5) is 11.3. The molecule has 5 heteroatoms. The number of ether oxygens (including phenoxy) is 1. The van der Waals surface area contributed by atoms with Gasteiger partial charge < -0.3 is 9.84 Å². The van der Waals surface area contributed by atoms with Crippen LogP contribution in [0.25, 0.3) is 5.57 Å². The SMILES string of the molecule is Cc1ccc(C2=CCC(F)(F)CC2)c(OC2(C(=O)O)CC2)c1. The average Bonchev–Trinajstić information content (AvgIpc) is 3.21. The Labute approximate surface area is 127 Å². The normalized spacial score (nSPS) is 21.9. The van der Waals surface area contributed by atoms with Gasteiger partial charge in [-0.3, -0.25) is 0 Å². The predicted octanol–water partition coefficient (Wildman–Crippen LogP) is 4.19. The van der Waals surface area contributed by atoms with Crippen molar-refractivity contribution in [2.75, 3.05) is 0 Å².